The van der Waals surface area contributed by atoms with Gasteiger partial charge in [-0.1, -0.05) is 19.3 Å². The van der Waals surface area contributed by atoms with Gasteiger partial charge in [-0.2, -0.15) is 4.31 Å². The first-order chi connectivity index (χ1) is 14.1. The fourth-order valence-electron chi connectivity index (χ4n) is 4.31. The lowest BCUT2D eigenvalue weighted by atomic mass is 9.89. The molecule has 0 bridgehead atoms. The Kier molecular flexibility index (Phi) is 6.20. The Labute approximate surface area is 172 Å². The highest BCUT2D eigenvalue weighted by Crippen LogP contribution is 2.35. The first-order valence-corrected chi connectivity index (χ1v) is 12.1. The molecule has 8 heteroatoms. The molecule has 1 atom stereocenters. The maximum absolute atomic E-state index is 13.1. The van der Waals surface area contributed by atoms with Crippen molar-refractivity contribution in [2.45, 2.75) is 68.6 Å². The van der Waals surface area contributed by atoms with Gasteiger partial charge < -0.3 is 9.15 Å². The van der Waals surface area contributed by atoms with Gasteiger partial charge in [-0.15, -0.1) is 10.2 Å². The molecule has 1 aromatic heterocycles. The SMILES string of the molecule is CCOc1ccc(S(=O)(=O)N2CCCC(c3nnc(C4CCCCC4)o3)C2)cc1. The summed E-state index contributed by atoms with van der Waals surface area (Å²) in [6.07, 6.45) is 7.54. The zero-order chi connectivity index (χ0) is 20.3. The normalized spacial score (nSPS) is 21.9. The van der Waals surface area contributed by atoms with Gasteiger partial charge in [-0.25, -0.2) is 8.42 Å². The number of ether oxygens (including phenoxy) is 1. The van der Waals surface area contributed by atoms with Gasteiger partial charge in [-0.05, 0) is 56.9 Å². The molecule has 1 aliphatic heterocycles. The first-order valence-electron chi connectivity index (χ1n) is 10.6. The van der Waals surface area contributed by atoms with E-state index in [-0.39, 0.29) is 10.8 Å². The molecule has 1 aromatic carbocycles. The van der Waals surface area contributed by atoms with Gasteiger partial charge in [0.2, 0.25) is 21.8 Å². The second-order valence-corrected chi connectivity index (χ2v) is 9.86. The van der Waals surface area contributed by atoms with E-state index in [0.717, 1.165) is 31.6 Å². The molecule has 0 radical (unpaired) electrons. The van der Waals surface area contributed by atoms with Crippen LogP contribution in [0.5, 0.6) is 5.75 Å². The van der Waals surface area contributed by atoms with E-state index in [4.69, 9.17) is 9.15 Å². The van der Waals surface area contributed by atoms with Crippen molar-refractivity contribution < 1.29 is 17.6 Å². The number of hydrogen-bond donors (Lipinski definition) is 0. The highest BCUT2D eigenvalue weighted by Gasteiger charge is 2.34. The van der Waals surface area contributed by atoms with Crippen LogP contribution in [0.4, 0.5) is 0 Å². The van der Waals surface area contributed by atoms with Crippen LogP contribution < -0.4 is 4.74 Å². The van der Waals surface area contributed by atoms with Crippen LogP contribution in [0.15, 0.2) is 33.6 Å². The smallest absolute Gasteiger partial charge is 0.243 e. The summed E-state index contributed by atoms with van der Waals surface area (Å²) in [4.78, 5) is 0.287. The van der Waals surface area contributed by atoms with Crippen LogP contribution in [0.3, 0.4) is 0 Å². The van der Waals surface area contributed by atoms with Gasteiger partial charge in [0.1, 0.15) is 5.75 Å². The summed E-state index contributed by atoms with van der Waals surface area (Å²) in [5.41, 5.74) is 0. The number of nitrogens with zero attached hydrogens (tertiary/aromatic N) is 3. The van der Waals surface area contributed by atoms with Crippen molar-refractivity contribution in [3.8, 4) is 5.75 Å². The fourth-order valence-corrected chi connectivity index (χ4v) is 5.84. The topological polar surface area (TPSA) is 85.5 Å². The lowest BCUT2D eigenvalue weighted by molar-refractivity contribution is 0.273. The molecule has 2 aliphatic rings. The molecule has 0 spiro atoms. The Morgan fingerprint density at radius 3 is 2.34 bits per heavy atom. The predicted octanol–water partition coefficient (Wildman–Crippen LogP) is 4.08. The molecule has 1 saturated heterocycles. The lowest BCUT2D eigenvalue weighted by Gasteiger charge is -2.30. The molecule has 29 heavy (non-hydrogen) atoms. The Morgan fingerprint density at radius 2 is 1.66 bits per heavy atom. The molecule has 2 aromatic rings. The summed E-state index contributed by atoms with van der Waals surface area (Å²) in [5.74, 6) is 2.29. The number of piperidine rings is 1. The van der Waals surface area contributed by atoms with E-state index in [1.54, 1.807) is 28.6 Å². The van der Waals surface area contributed by atoms with Crippen LogP contribution in [0, 0.1) is 0 Å². The van der Waals surface area contributed by atoms with Crippen molar-refractivity contribution in [1.82, 2.24) is 14.5 Å². The Balaban J connectivity index is 1.47. The van der Waals surface area contributed by atoms with Crippen molar-refractivity contribution in [3.05, 3.63) is 36.0 Å². The number of sulfonamides is 1. The Bertz CT molecular complexity index is 904. The molecular weight excluding hydrogens is 390 g/mol. The predicted molar refractivity (Wildman–Crippen MR) is 108 cm³/mol. The quantitative estimate of drug-likeness (QED) is 0.701. The van der Waals surface area contributed by atoms with Gasteiger partial charge in [0, 0.05) is 19.0 Å². The molecule has 0 N–H and O–H groups in total. The second-order valence-electron chi connectivity index (χ2n) is 7.92. The van der Waals surface area contributed by atoms with E-state index in [2.05, 4.69) is 10.2 Å². The van der Waals surface area contributed by atoms with Crippen LogP contribution in [0.2, 0.25) is 0 Å². The van der Waals surface area contributed by atoms with E-state index in [1.807, 2.05) is 6.92 Å². The van der Waals surface area contributed by atoms with Crippen LogP contribution in [-0.2, 0) is 10.0 Å². The summed E-state index contributed by atoms with van der Waals surface area (Å²) in [7, 11) is -3.56. The van der Waals surface area contributed by atoms with Gasteiger partial charge >= 0.3 is 0 Å². The van der Waals surface area contributed by atoms with Crippen molar-refractivity contribution in [1.29, 1.82) is 0 Å². The van der Waals surface area contributed by atoms with Crippen molar-refractivity contribution in [2.24, 2.45) is 0 Å². The molecule has 7 nitrogen and oxygen atoms in total. The third-order valence-electron chi connectivity index (χ3n) is 5.92. The van der Waals surface area contributed by atoms with Crippen LogP contribution >= 0.6 is 0 Å². The number of hydrogen-bond acceptors (Lipinski definition) is 6. The molecule has 158 valence electrons. The van der Waals surface area contributed by atoms with Crippen molar-refractivity contribution in [2.75, 3.05) is 19.7 Å². The van der Waals surface area contributed by atoms with Crippen molar-refractivity contribution in [3.63, 3.8) is 0 Å². The highest BCUT2D eigenvalue weighted by molar-refractivity contribution is 7.89. The molecule has 2 fully saturated rings. The molecule has 1 unspecified atom stereocenters. The maximum atomic E-state index is 13.1. The number of benzene rings is 1. The van der Waals surface area contributed by atoms with E-state index in [0.29, 0.717) is 37.3 Å². The van der Waals surface area contributed by atoms with E-state index in [1.165, 1.54) is 19.3 Å². The largest absolute Gasteiger partial charge is 0.494 e. The summed E-state index contributed by atoms with van der Waals surface area (Å²) < 4.78 is 39.2. The van der Waals surface area contributed by atoms with Crippen LogP contribution in [0.25, 0.3) is 0 Å². The Morgan fingerprint density at radius 1 is 1.00 bits per heavy atom. The maximum Gasteiger partial charge on any atom is 0.243 e. The Hall–Kier alpha value is -1.93. The monoisotopic (exact) mass is 419 g/mol. The number of aromatic nitrogens is 2. The standard InChI is InChI=1S/C21H29N3O4S/c1-2-27-18-10-12-19(13-11-18)29(25,26)24-14-6-9-17(15-24)21-23-22-20(28-21)16-7-4-3-5-8-16/h10-13,16-17H,2-9,14-15H2,1H3. The minimum absolute atomic E-state index is 0.0499. The first kappa shape index (κ1) is 20.3. The van der Waals surface area contributed by atoms with Gasteiger partial charge in [-0.3, -0.25) is 0 Å². The minimum Gasteiger partial charge on any atom is -0.494 e. The molecule has 4 rings (SSSR count). The summed E-state index contributed by atoms with van der Waals surface area (Å²) >= 11 is 0. The van der Waals surface area contributed by atoms with Gasteiger partial charge in [0.15, 0.2) is 0 Å². The number of rotatable bonds is 6. The average Bonchev–Trinajstić information content (AvgIpc) is 3.26. The zero-order valence-electron chi connectivity index (χ0n) is 16.9. The molecule has 1 aliphatic carbocycles. The van der Waals surface area contributed by atoms with Gasteiger partial charge in [0.05, 0.1) is 17.4 Å². The van der Waals surface area contributed by atoms with Crippen LogP contribution in [0.1, 0.15) is 75.5 Å². The average molecular weight is 420 g/mol. The fraction of sp³-hybridized carbons (Fsp3) is 0.619. The summed E-state index contributed by atoms with van der Waals surface area (Å²) in [6.45, 7) is 3.33. The van der Waals surface area contributed by atoms with E-state index >= 15 is 0 Å². The summed E-state index contributed by atoms with van der Waals surface area (Å²) in [6, 6.07) is 6.62. The third kappa shape index (κ3) is 4.48. The second kappa shape index (κ2) is 8.83. The van der Waals surface area contributed by atoms with E-state index < -0.39 is 10.0 Å². The molecule has 2 heterocycles. The molecule has 1 saturated carbocycles. The van der Waals surface area contributed by atoms with Gasteiger partial charge in [0.25, 0.3) is 0 Å². The van der Waals surface area contributed by atoms with Crippen LogP contribution in [-0.4, -0.2) is 42.6 Å². The third-order valence-corrected chi connectivity index (χ3v) is 7.80. The highest BCUT2D eigenvalue weighted by atomic mass is 32.2. The van der Waals surface area contributed by atoms with E-state index in [9.17, 15) is 8.42 Å². The lowest BCUT2D eigenvalue weighted by Crippen LogP contribution is -2.39. The molecular formula is C21H29N3O4S. The zero-order valence-corrected chi connectivity index (χ0v) is 17.7. The minimum atomic E-state index is -3.56. The summed E-state index contributed by atoms with van der Waals surface area (Å²) in [5, 5.41) is 8.57. The molecule has 0 amide bonds. The van der Waals surface area contributed by atoms with Crippen molar-refractivity contribution >= 4 is 10.0 Å².